The summed E-state index contributed by atoms with van der Waals surface area (Å²) in [6.07, 6.45) is 1.39. The fraction of sp³-hybridized carbons (Fsp3) is 0.571. The molecule has 0 aliphatic carbocycles. The SMILES string of the molecule is CN(Cc1ccc(Cl)c(N)c1)CC1(O)CCOCC1. The molecule has 4 nitrogen and oxygen atoms in total. The summed E-state index contributed by atoms with van der Waals surface area (Å²) in [5.74, 6) is 0. The van der Waals surface area contributed by atoms with Crippen LogP contribution in [0.4, 0.5) is 5.69 Å². The smallest absolute Gasteiger partial charge is 0.0817 e. The first-order valence-electron chi connectivity index (χ1n) is 6.51. The van der Waals surface area contributed by atoms with E-state index in [1.54, 1.807) is 0 Å². The third kappa shape index (κ3) is 4.08. The number of rotatable bonds is 4. The monoisotopic (exact) mass is 284 g/mol. The number of nitrogens with zero attached hydrogens (tertiary/aromatic N) is 1. The second-order valence-electron chi connectivity index (χ2n) is 5.36. The summed E-state index contributed by atoms with van der Waals surface area (Å²) in [7, 11) is 2.00. The van der Waals surface area contributed by atoms with Gasteiger partial charge in [0.1, 0.15) is 0 Å². The highest BCUT2D eigenvalue weighted by atomic mass is 35.5. The van der Waals surface area contributed by atoms with Crippen LogP contribution < -0.4 is 5.73 Å². The fourth-order valence-electron chi connectivity index (χ4n) is 2.47. The number of nitrogens with two attached hydrogens (primary N) is 1. The van der Waals surface area contributed by atoms with Crippen LogP contribution in [0.25, 0.3) is 0 Å². The van der Waals surface area contributed by atoms with Gasteiger partial charge in [-0.1, -0.05) is 17.7 Å². The van der Waals surface area contributed by atoms with Gasteiger partial charge in [-0.05, 0) is 24.7 Å². The zero-order chi connectivity index (χ0) is 13.9. The van der Waals surface area contributed by atoms with Gasteiger partial charge in [-0.2, -0.15) is 0 Å². The molecule has 1 saturated heterocycles. The molecule has 0 amide bonds. The summed E-state index contributed by atoms with van der Waals surface area (Å²) in [5.41, 5.74) is 6.85. The summed E-state index contributed by atoms with van der Waals surface area (Å²) in [6.45, 7) is 2.65. The molecule has 0 unspecified atom stereocenters. The Balaban J connectivity index is 1.93. The Morgan fingerprint density at radius 3 is 2.74 bits per heavy atom. The molecule has 0 radical (unpaired) electrons. The number of benzene rings is 1. The van der Waals surface area contributed by atoms with Gasteiger partial charge in [0.25, 0.3) is 0 Å². The van der Waals surface area contributed by atoms with E-state index in [4.69, 9.17) is 22.1 Å². The molecular formula is C14H21ClN2O2. The van der Waals surface area contributed by atoms with Crippen molar-refractivity contribution in [3.05, 3.63) is 28.8 Å². The maximum atomic E-state index is 10.5. The molecule has 19 heavy (non-hydrogen) atoms. The highest BCUT2D eigenvalue weighted by Gasteiger charge is 2.30. The maximum absolute atomic E-state index is 10.5. The highest BCUT2D eigenvalue weighted by Crippen LogP contribution is 2.23. The zero-order valence-corrected chi connectivity index (χ0v) is 12.0. The third-order valence-electron chi connectivity index (χ3n) is 3.50. The van der Waals surface area contributed by atoms with E-state index in [2.05, 4.69) is 4.90 Å². The summed E-state index contributed by atoms with van der Waals surface area (Å²) >= 11 is 5.90. The van der Waals surface area contributed by atoms with Crippen molar-refractivity contribution in [1.82, 2.24) is 4.90 Å². The molecule has 0 saturated carbocycles. The number of anilines is 1. The average molecular weight is 285 g/mol. The molecule has 1 aromatic rings. The zero-order valence-electron chi connectivity index (χ0n) is 11.2. The second-order valence-corrected chi connectivity index (χ2v) is 5.77. The number of ether oxygens (including phenoxy) is 1. The van der Waals surface area contributed by atoms with Gasteiger partial charge in [-0.15, -0.1) is 0 Å². The minimum atomic E-state index is -0.634. The number of hydrogen-bond donors (Lipinski definition) is 2. The minimum absolute atomic E-state index is 0.578. The van der Waals surface area contributed by atoms with Crippen LogP contribution in [0.2, 0.25) is 5.02 Å². The van der Waals surface area contributed by atoms with Crippen molar-refractivity contribution in [2.24, 2.45) is 0 Å². The molecule has 0 bridgehead atoms. The lowest BCUT2D eigenvalue weighted by Crippen LogP contribution is -2.45. The standard InChI is InChI=1S/C14H21ClN2O2/c1-17(10-14(18)4-6-19-7-5-14)9-11-2-3-12(15)13(16)8-11/h2-3,8,18H,4-7,9-10,16H2,1H3. The molecule has 0 atom stereocenters. The van der Waals surface area contributed by atoms with E-state index in [0.29, 0.717) is 43.3 Å². The molecule has 1 aliphatic heterocycles. The van der Waals surface area contributed by atoms with E-state index < -0.39 is 5.60 Å². The van der Waals surface area contributed by atoms with Gasteiger partial charge < -0.3 is 15.6 Å². The van der Waals surface area contributed by atoms with E-state index in [9.17, 15) is 5.11 Å². The van der Waals surface area contributed by atoms with Gasteiger partial charge >= 0.3 is 0 Å². The van der Waals surface area contributed by atoms with Crippen LogP contribution in [-0.2, 0) is 11.3 Å². The molecule has 1 aliphatic rings. The predicted octanol–water partition coefficient (Wildman–Crippen LogP) is 1.90. The maximum Gasteiger partial charge on any atom is 0.0817 e. The Kier molecular flexibility index (Phi) is 4.68. The quantitative estimate of drug-likeness (QED) is 0.829. The predicted molar refractivity (Wildman–Crippen MR) is 77.2 cm³/mol. The van der Waals surface area contributed by atoms with Gasteiger partial charge in [-0.25, -0.2) is 0 Å². The largest absolute Gasteiger partial charge is 0.398 e. The van der Waals surface area contributed by atoms with Crippen LogP contribution in [0, 0.1) is 0 Å². The summed E-state index contributed by atoms with van der Waals surface area (Å²) < 4.78 is 5.28. The van der Waals surface area contributed by atoms with Gasteiger partial charge in [0.05, 0.1) is 16.3 Å². The highest BCUT2D eigenvalue weighted by molar-refractivity contribution is 6.33. The van der Waals surface area contributed by atoms with E-state index in [1.807, 2.05) is 25.2 Å². The first-order chi connectivity index (χ1) is 8.98. The number of halogens is 1. The van der Waals surface area contributed by atoms with Crippen LogP contribution in [0.5, 0.6) is 0 Å². The normalized spacial score (nSPS) is 18.7. The van der Waals surface area contributed by atoms with Gasteiger partial charge in [-0.3, -0.25) is 4.90 Å². The van der Waals surface area contributed by atoms with Crippen molar-refractivity contribution in [3.8, 4) is 0 Å². The summed E-state index contributed by atoms with van der Waals surface area (Å²) in [6, 6.07) is 5.65. The Labute approximate surface area is 119 Å². The molecule has 106 valence electrons. The van der Waals surface area contributed by atoms with Crippen LogP contribution in [-0.4, -0.2) is 42.4 Å². The molecule has 5 heteroatoms. The molecule has 2 rings (SSSR count). The number of hydrogen-bond acceptors (Lipinski definition) is 4. The van der Waals surface area contributed by atoms with Crippen LogP contribution in [0.3, 0.4) is 0 Å². The summed E-state index contributed by atoms with van der Waals surface area (Å²) in [5, 5.41) is 11.0. The van der Waals surface area contributed by atoms with Crippen molar-refractivity contribution in [2.75, 3.05) is 32.5 Å². The van der Waals surface area contributed by atoms with Gasteiger partial charge in [0, 0.05) is 39.1 Å². The number of likely N-dealkylation sites (N-methyl/N-ethyl adjacent to an activating group) is 1. The molecule has 0 aromatic heterocycles. The molecule has 1 aromatic carbocycles. The lowest BCUT2D eigenvalue weighted by molar-refractivity contribution is -0.0777. The van der Waals surface area contributed by atoms with Gasteiger partial charge in [0.15, 0.2) is 0 Å². The van der Waals surface area contributed by atoms with E-state index in [0.717, 1.165) is 12.1 Å². The number of aliphatic hydroxyl groups is 1. The number of nitrogen functional groups attached to an aromatic ring is 1. The van der Waals surface area contributed by atoms with Crippen molar-refractivity contribution in [1.29, 1.82) is 0 Å². The first-order valence-corrected chi connectivity index (χ1v) is 6.89. The lowest BCUT2D eigenvalue weighted by atomic mass is 9.94. The molecule has 1 heterocycles. The van der Waals surface area contributed by atoms with Crippen LogP contribution >= 0.6 is 11.6 Å². The fourth-order valence-corrected chi connectivity index (χ4v) is 2.59. The average Bonchev–Trinajstić information content (AvgIpc) is 2.34. The van der Waals surface area contributed by atoms with E-state index in [1.165, 1.54) is 0 Å². The second kappa shape index (κ2) is 6.09. The van der Waals surface area contributed by atoms with Crippen LogP contribution in [0.15, 0.2) is 18.2 Å². The Morgan fingerprint density at radius 2 is 2.11 bits per heavy atom. The Hall–Kier alpha value is -0.810. The van der Waals surface area contributed by atoms with E-state index >= 15 is 0 Å². The lowest BCUT2D eigenvalue weighted by Gasteiger charge is -2.35. The van der Waals surface area contributed by atoms with Crippen molar-refractivity contribution in [2.45, 2.75) is 25.0 Å². The van der Waals surface area contributed by atoms with Gasteiger partial charge in [0.2, 0.25) is 0 Å². The van der Waals surface area contributed by atoms with Crippen molar-refractivity contribution >= 4 is 17.3 Å². The minimum Gasteiger partial charge on any atom is -0.398 e. The van der Waals surface area contributed by atoms with Crippen molar-refractivity contribution in [3.63, 3.8) is 0 Å². The van der Waals surface area contributed by atoms with E-state index in [-0.39, 0.29) is 0 Å². The Bertz CT molecular complexity index is 433. The van der Waals surface area contributed by atoms with Crippen LogP contribution in [0.1, 0.15) is 18.4 Å². The first kappa shape index (κ1) is 14.6. The molecule has 3 N–H and O–H groups in total. The topological polar surface area (TPSA) is 58.7 Å². The van der Waals surface area contributed by atoms with Crippen molar-refractivity contribution < 1.29 is 9.84 Å². The summed E-state index contributed by atoms with van der Waals surface area (Å²) in [4.78, 5) is 2.11. The molecule has 1 fully saturated rings. The molecular weight excluding hydrogens is 264 g/mol. The molecule has 0 spiro atoms. The Morgan fingerprint density at radius 1 is 1.42 bits per heavy atom. The third-order valence-corrected chi connectivity index (χ3v) is 3.84.